The minimum atomic E-state index is -0.299. The Bertz CT molecular complexity index is 447. The first kappa shape index (κ1) is 9.24. The van der Waals surface area contributed by atoms with Crippen LogP contribution in [0.25, 0.3) is 10.9 Å². The van der Waals surface area contributed by atoms with Crippen LogP contribution in [-0.4, -0.2) is 16.3 Å². The van der Waals surface area contributed by atoms with Crippen molar-refractivity contribution in [1.82, 2.24) is 4.57 Å². The molecule has 0 aliphatic heterocycles. The maximum absolute atomic E-state index is 9.04. The lowest BCUT2D eigenvalue weighted by Crippen LogP contribution is -2.15. The highest BCUT2D eigenvalue weighted by Crippen LogP contribution is 2.23. The molecule has 0 saturated heterocycles. The molecule has 1 aromatic carbocycles. The molecule has 2 rings (SSSR count). The summed E-state index contributed by atoms with van der Waals surface area (Å²) < 4.78 is 2.03. The second-order valence-electron chi connectivity index (χ2n) is 3.50. The first-order valence-corrected chi connectivity index (χ1v) is 4.64. The molecule has 74 valence electrons. The number of rotatable bonds is 2. The van der Waals surface area contributed by atoms with E-state index in [1.54, 1.807) is 0 Å². The summed E-state index contributed by atoms with van der Waals surface area (Å²) in [6.07, 6.45) is 2.00. The molecule has 1 aromatic heterocycles. The van der Waals surface area contributed by atoms with Crippen LogP contribution in [0.5, 0.6) is 0 Å². The smallest absolute Gasteiger partial charge is 0.0625 e. The molecule has 0 aliphatic rings. The van der Waals surface area contributed by atoms with Gasteiger partial charge in [-0.25, -0.2) is 0 Å². The van der Waals surface area contributed by atoms with Gasteiger partial charge in [-0.05, 0) is 17.0 Å². The van der Waals surface area contributed by atoms with Crippen molar-refractivity contribution in [3.8, 4) is 0 Å². The molecule has 3 nitrogen and oxygen atoms in total. The number of benzene rings is 1. The predicted octanol–water partition coefficient (Wildman–Crippen LogP) is 1.17. The van der Waals surface area contributed by atoms with Gasteiger partial charge in [0, 0.05) is 13.2 Å². The zero-order valence-corrected chi connectivity index (χ0v) is 8.14. The van der Waals surface area contributed by atoms with E-state index in [-0.39, 0.29) is 12.6 Å². The van der Waals surface area contributed by atoms with Gasteiger partial charge in [0.15, 0.2) is 0 Å². The molecule has 0 amide bonds. The Morgan fingerprint density at radius 1 is 1.43 bits per heavy atom. The standard InChI is InChI=1S/C11H14N2O/c1-13-6-5-8-3-2-4-9(11(8)13)10(12)7-14/h2-6,10,14H,7,12H2,1H3/t10-/m1/s1. The number of nitrogens with zero attached hydrogens (tertiary/aromatic N) is 1. The highest BCUT2D eigenvalue weighted by molar-refractivity contribution is 5.83. The van der Waals surface area contributed by atoms with Crippen molar-refractivity contribution >= 4 is 10.9 Å². The first-order chi connectivity index (χ1) is 6.74. The maximum atomic E-state index is 9.04. The van der Waals surface area contributed by atoms with E-state index in [2.05, 4.69) is 0 Å². The second kappa shape index (κ2) is 3.44. The number of aryl methyl sites for hydroxylation is 1. The topological polar surface area (TPSA) is 51.2 Å². The molecule has 14 heavy (non-hydrogen) atoms. The molecule has 0 aliphatic carbocycles. The molecule has 1 atom stereocenters. The molecule has 0 radical (unpaired) electrons. The zero-order chi connectivity index (χ0) is 10.1. The summed E-state index contributed by atoms with van der Waals surface area (Å²) >= 11 is 0. The summed E-state index contributed by atoms with van der Waals surface area (Å²) in [6.45, 7) is -0.0235. The lowest BCUT2D eigenvalue weighted by molar-refractivity contribution is 0.268. The van der Waals surface area contributed by atoms with Crippen LogP contribution in [0.15, 0.2) is 30.5 Å². The van der Waals surface area contributed by atoms with Gasteiger partial charge in [-0.15, -0.1) is 0 Å². The molecule has 1 heterocycles. The van der Waals surface area contributed by atoms with E-state index < -0.39 is 0 Å². The predicted molar refractivity (Wildman–Crippen MR) is 56.9 cm³/mol. The largest absolute Gasteiger partial charge is 0.394 e. The summed E-state index contributed by atoms with van der Waals surface area (Å²) in [4.78, 5) is 0. The molecule has 0 bridgehead atoms. The monoisotopic (exact) mass is 190 g/mol. The molecule has 2 aromatic rings. The number of nitrogens with two attached hydrogens (primary N) is 1. The van der Waals surface area contributed by atoms with Crippen LogP contribution in [0, 0.1) is 0 Å². The quantitative estimate of drug-likeness (QED) is 0.747. The van der Waals surface area contributed by atoms with E-state index in [9.17, 15) is 0 Å². The van der Waals surface area contributed by atoms with Gasteiger partial charge >= 0.3 is 0 Å². The maximum Gasteiger partial charge on any atom is 0.0625 e. The van der Waals surface area contributed by atoms with Gasteiger partial charge in [0.1, 0.15) is 0 Å². The van der Waals surface area contributed by atoms with Gasteiger partial charge in [-0.2, -0.15) is 0 Å². The van der Waals surface area contributed by atoms with Crippen LogP contribution in [0.4, 0.5) is 0 Å². The van der Waals surface area contributed by atoms with Gasteiger partial charge in [0.25, 0.3) is 0 Å². The van der Waals surface area contributed by atoms with Crippen molar-refractivity contribution in [1.29, 1.82) is 0 Å². The third kappa shape index (κ3) is 1.31. The Labute approximate surface area is 82.8 Å². The summed E-state index contributed by atoms with van der Waals surface area (Å²) in [5, 5.41) is 10.2. The van der Waals surface area contributed by atoms with Crippen LogP contribution < -0.4 is 5.73 Å². The molecule has 0 fully saturated rings. The number of aliphatic hydroxyl groups is 1. The minimum absolute atomic E-state index is 0.0235. The average Bonchev–Trinajstić information content (AvgIpc) is 2.59. The number of hydrogen-bond donors (Lipinski definition) is 2. The van der Waals surface area contributed by atoms with Crippen molar-refractivity contribution in [3.05, 3.63) is 36.0 Å². The zero-order valence-electron chi connectivity index (χ0n) is 8.14. The second-order valence-corrected chi connectivity index (χ2v) is 3.50. The van der Waals surface area contributed by atoms with Gasteiger partial charge in [0.05, 0.1) is 18.2 Å². The Morgan fingerprint density at radius 2 is 2.21 bits per heavy atom. The summed E-state index contributed by atoms with van der Waals surface area (Å²) in [6, 6.07) is 7.72. The number of aromatic nitrogens is 1. The number of aliphatic hydroxyl groups excluding tert-OH is 1. The lowest BCUT2D eigenvalue weighted by atomic mass is 10.1. The highest BCUT2D eigenvalue weighted by Gasteiger charge is 2.10. The number of hydrogen-bond acceptors (Lipinski definition) is 2. The van der Waals surface area contributed by atoms with Crippen LogP contribution in [0.1, 0.15) is 11.6 Å². The SMILES string of the molecule is Cn1ccc2cccc([C@H](N)CO)c21. The van der Waals surface area contributed by atoms with E-state index in [0.717, 1.165) is 16.5 Å². The molecule has 0 spiro atoms. The fourth-order valence-electron chi connectivity index (χ4n) is 1.79. The van der Waals surface area contributed by atoms with Gasteiger partial charge < -0.3 is 15.4 Å². The van der Waals surface area contributed by atoms with E-state index in [0.29, 0.717) is 0 Å². The van der Waals surface area contributed by atoms with Crippen molar-refractivity contribution < 1.29 is 5.11 Å². The van der Waals surface area contributed by atoms with Crippen molar-refractivity contribution in [2.24, 2.45) is 12.8 Å². The third-order valence-corrected chi connectivity index (χ3v) is 2.53. The highest BCUT2D eigenvalue weighted by atomic mass is 16.3. The molecule has 3 N–H and O–H groups in total. The average molecular weight is 190 g/mol. The van der Waals surface area contributed by atoms with Crippen molar-refractivity contribution in [2.45, 2.75) is 6.04 Å². The van der Waals surface area contributed by atoms with Gasteiger partial charge in [0.2, 0.25) is 0 Å². The summed E-state index contributed by atoms with van der Waals surface area (Å²) in [7, 11) is 1.98. The van der Waals surface area contributed by atoms with Crippen molar-refractivity contribution in [2.75, 3.05) is 6.61 Å². The van der Waals surface area contributed by atoms with E-state index in [1.807, 2.05) is 42.1 Å². The fourth-order valence-corrected chi connectivity index (χ4v) is 1.79. The Morgan fingerprint density at radius 3 is 2.93 bits per heavy atom. The molecular weight excluding hydrogens is 176 g/mol. The summed E-state index contributed by atoms with van der Waals surface area (Å²) in [5.41, 5.74) is 7.93. The normalized spacial score (nSPS) is 13.4. The molecule has 3 heteroatoms. The van der Waals surface area contributed by atoms with Crippen LogP contribution in [0.3, 0.4) is 0 Å². The van der Waals surface area contributed by atoms with E-state index in [4.69, 9.17) is 10.8 Å². The Balaban J connectivity index is 2.69. The third-order valence-electron chi connectivity index (χ3n) is 2.53. The first-order valence-electron chi connectivity index (χ1n) is 4.64. The molecule has 0 unspecified atom stereocenters. The Kier molecular flexibility index (Phi) is 2.27. The van der Waals surface area contributed by atoms with Gasteiger partial charge in [-0.1, -0.05) is 18.2 Å². The van der Waals surface area contributed by atoms with Crippen LogP contribution in [-0.2, 0) is 7.05 Å². The number of para-hydroxylation sites is 1. The van der Waals surface area contributed by atoms with Crippen LogP contribution in [0.2, 0.25) is 0 Å². The lowest BCUT2D eigenvalue weighted by Gasteiger charge is -2.11. The van der Waals surface area contributed by atoms with Gasteiger partial charge in [-0.3, -0.25) is 0 Å². The summed E-state index contributed by atoms with van der Waals surface area (Å²) in [5.74, 6) is 0. The number of fused-ring (bicyclic) bond motifs is 1. The molecule has 0 saturated carbocycles. The van der Waals surface area contributed by atoms with Crippen molar-refractivity contribution in [3.63, 3.8) is 0 Å². The Hall–Kier alpha value is -1.32. The van der Waals surface area contributed by atoms with E-state index >= 15 is 0 Å². The molecular formula is C11H14N2O. The fraction of sp³-hybridized carbons (Fsp3) is 0.273. The van der Waals surface area contributed by atoms with Crippen LogP contribution >= 0.6 is 0 Å². The van der Waals surface area contributed by atoms with E-state index in [1.165, 1.54) is 0 Å². The minimum Gasteiger partial charge on any atom is -0.394 e.